The first-order valence-electron chi connectivity index (χ1n) is 18.8. The maximum absolute atomic E-state index is 13.8. The molecule has 0 aliphatic heterocycles. The second kappa shape index (κ2) is 24.8. The Morgan fingerprint density at radius 3 is 1.80 bits per heavy atom. The molecule has 2 aromatic rings. The SMILES string of the molecule is CC(C)C[C@H](NC(=O)[C@H](Cc1ccccc1)NC(=O)CNC(=O)CNC(=O)[C@@H](N)Cc1ccc(O)cc1)C(=O)N[C@@H](CC(N)=O)C(=O)N[C@@H](CCCNC(=N)N)C(N)=O. The lowest BCUT2D eigenvalue weighted by atomic mass is 10.0. The summed E-state index contributed by atoms with van der Waals surface area (Å²) < 4.78 is 0. The molecule has 2 aromatic carbocycles. The predicted octanol–water partition coefficient (Wildman–Crippen LogP) is -3.65. The lowest BCUT2D eigenvalue weighted by Crippen LogP contribution is -2.59. The summed E-state index contributed by atoms with van der Waals surface area (Å²) in [5.74, 6) is -6.96. The fourth-order valence-electron chi connectivity index (χ4n) is 5.57. The first kappa shape index (κ1) is 48.4. The van der Waals surface area contributed by atoms with E-state index < -0.39 is 97.0 Å². The second-order valence-corrected chi connectivity index (χ2v) is 14.1. The minimum Gasteiger partial charge on any atom is -0.508 e. The van der Waals surface area contributed by atoms with E-state index >= 15 is 0 Å². The number of rotatable bonds is 25. The molecule has 0 saturated heterocycles. The average molecular weight is 825 g/mol. The molecule has 0 saturated carbocycles. The number of nitrogens with one attached hydrogen (secondary N) is 8. The van der Waals surface area contributed by atoms with E-state index in [0.29, 0.717) is 11.1 Å². The number of carbonyl (C=O) groups is 8. The fourth-order valence-corrected chi connectivity index (χ4v) is 5.57. The van der Waals surface area contributed by atoms with Crippen LogP contribution in [0.1, 0.15) is 50.7 Å². The van der Waals surface area contributed by atoms with Crippen molar-refractivity contribution in [1.82, 2.24) is 37.2 Å². The molecule has 21 nitrogen and oxygen atoms in total. The highest BCUT2D eigenvalue weighted by molar-refractivity contribution is 5.97. The maximum atomic E-state index is 13.8. The van der Waals surface area contributed by atoms with E-state index in [0.717, 1.165) is 0 Å². The number of phenols is 1. The Hall–Kier alpha value is -6.77. The number of hydrogen-bond acceptors (Lipinski definition) is 11. The van der Waals surface area contributed by atoms with Gasteiger partial charge in [0.1, 0.15) is 29.9 Å². The molecule has 0 bridgehead atoms. The maximum Gasteiger partial charge on any atom is 0.243 e. The van der Waals surface area contributed by atoms with Crippen molar-refractivity contribution in [3.63, 3.8) is 0 Å². The van der Waals surface area contributed by atoms with Crippen LogP contribution in [0.15, 0.2) is 54.6 Å². The summed E-state index contributed by atoms with van der Waals surface area (Å²) in [6.07, 6.45) is -0.178. The van der Waals surface area contributed by atoms with Gasteiger partial charge in [-0.1, -0.05) is 56.3 Å². The van der Waals surface area contributed by atoms with Crippen molar-refractivity contribution in [3.05, 3.63) is 65.7 Å². The lowest BCUT2D eigenvalue weighted by molar-refractivity contribution is -0.135. The van der Waals surface area contributed by atoms with Gasteiger partial charge in [-0.3, -0.25) is 43.8 Å². The molecule has 59 heavy (non-hydrogen) atoms. The molecule has 0 radical (unpaired) electrons. The molecule has 2 rings (SSSR count). The predicted molar refractivity (Wildman–Crippen MR) is 215 cm³/mol. The Kier molecular flexibility index (Phi) is 20.3. The molecular formula is C38H56N12O9. The van der Waals surface area contributed by atoms with Gasteiger partial charge in [0.25, 0.3) is 0 Å². The van der Waals surface area contributed by atoms with Crippen LogP contribution in [0, 0.1) is 11.3 Å². The van der Waals surface area contributed by atoms with E-state index in [1.54, 1.807) is 56.3 Å². The second-order valence-electron chi connectivity index (χ2n) is 14.1. The van der Waals surface area contributed by atoms with Gasteiger partial charge in [-0.15, -0.1) is 0 Å². The van der Waals surface area contributed by atoms with E-state index in [2.05, 4.69) is 37.2 Å². The van der Waals surface area contributed by atoms with Crippen LogP contribution in [0.4, 0.5) is 0 Å². The third kappa shape index (κ3) is 19.3. The Labute approximate surface area is 341 Å². The van der Waals surface area contributed by atoms with Crippen LogP contribution >= 0.6 is 0 Å². The van der Waals surface area contributed by atoms with Gasteiger partial charge in [0.05, 0.1) is 25.6 Å². The number of hydrogen-bond donors (Lipinski definition) is 13. The third-order valence-electron chi connectivity index (χ3n) is 8.56. The van der Waals surface area contributed by atoms with Crippen LogP contribution in [-0.2, 0) is 51.2 Å². The molecule has 17 N–H and O–H groups in total. The number of primary amides is 2. The molecule has 0 aliphatic rings. The zero-order valence-electron chi connectivity index (χ0n) is 33.0. The highest BCUT2D eigenvalue weighted by Crippen LogP contribution is 2.12. The monoisotopic (exact) mass is 824 g/mol. The molecule has 0 aliphatic carbocycles. The van der Waals surface area contributed by atoms with Crippen molar-refractivity contribution in [2.75, 3.05) is 19.6 Å². The van der Waals surface area contributed by atoms with Crippen LogP contribution in [0.5, 0.6) is 5.75 Å². The number of benzene rings is 2. The number of aromatic hydroxyl groups is 1. The van der Waals surface area contributed by atoms with E-state index in [4.69, 9.17) is 28.3 Å². The highest BCUT2D eigenvalue weighted by Gasteiger charge is 2.32. The van der Waals surface area contributed by atoms with Gasteiger partial charge in [-0.05, 0) is 54.9 Å². The Morgan fingerprint density at radius 2 is 1.20 bits per heavy atom. The van der Waals surface area contributed by atoms with Crippen molar-refractivity contribution in [2.45, 2.75) is 82.6 Å². The fraction of sp³-hybridized carbons (Fsp3) is 0.447. The van der Waals surface area contributed by atoms with Gasteiger partial charge in [-0.25, -0.2) is 0 Å². The van der Waals surface area contributed by atoms with Gasteiger partial charge in [0.2, 0.25) is 47.3 Å². The summed E-state index contributed by atoms with van der Waals surface area (Å²) in [5.41, 5.74) is 23.3. The standard InChI is InChI=1S/C38H56N12O9/c1-21(2)15-27(35(57)50-29(18-30(40)52)37(59)48-26(33(41)55)9-6-14-44-38(42)43)49-36(58)28(17-22-7-4-3-5-8-22)47-32(54)20-45-31(53)19-46-34(56)25(39)16-23-10-12-24(51)13-11-23/h3-5,7-8,10-13,21,25-29,51H,6,9,14-20,39H2,1-2H3,(H2,40,52)(H2,41,55)(H,45,53)(H,46,56)(H,47,54)(H,48,59)(H,49,58)(H,50,57)(H4,42,43,44)/t25-,26-,27-,28-,29-/m0/s1. The van der Waals surface area contributed by atoms with Gasteiger partial charge in [0.15, 0.2) is 5.96 Å². The van der Waals surface area contributed by atoms with Crippen molar-refractivity contribution >= 4 is 53.2 Å². The zero-order chi connectivity index (χ0) is 44.1. The highest BCUT2D eigenvalue weighted by atomic mass is 16.3. The summed E-state index contributed by atoms with van der Waals surface area (Å²) in [7, 11) is 0. The Bertz CT molecular complexity index is 1780. The van der Waals surface area contributed by atoms with Crippen LogP contribution in [0.25, 0.3) is 0 Å². The zero-order valence-corrected chi connectivity index (χ0v) is 33.0. The summed E-state index contributed by atoms with van der Waals surface area (Å²) in [6.45, 7) is 2.68. The van der Waals surface area contributed by atoms with Crippen molar-refractivity contribution < 1.29 is 43.5 Å². The Morgan fingerprint density at radius 1 is 0.644 bits per heavy atom. The van der Waals surface area contributed by atoms with Crippen LogP contribution in [-0.4, -0.2) is 108 Å². The molecule has 0 heterocycles. The smallest absolute Gasteiger partial charge is 0.243 e. The molecule has 0 aromatic heterocycles. The molecule has 5 atom stereocenters. The largest absolute Gasteiger partial charge is 0.508 e. The van der Waals surface area contributed by atoms with Crippen LogP contribution in [0.3, 0.4) is 0 Å². The summed E-state index contributed by atoms with van der Waals surface area (Å²) in [4.78, 5) is 103. The van der Waals surface area contributed by atoms with Gasteiger partial charge in [-0.2, -0.15) is 0 Å². The molecule has 0 unspecified atom stereocenters. The average Bonchev–Trinajstić information content (AvgIpc) is 3.17. The van der Waals surface area contributed by atoms with E-state index in [9.17, 15) is 43.5 Å². The minimum atomic E-state index is -1.56. The molecule has 8 amide bonds. The lowest BCUT2D eigenvalue weighted by Gasteiger charge is -2.27. The Balaban J connectivity index is 2.11. The van der Waals surface area contributed by atoms with Gasteiger partial charge in [0, 0.05) is 13.0 Å². The van der Waals surface area contributed by atoms with E-state index in [1.807, 2.05) is 0 Å². The van der Waals surface area contributed by atoms with Crippen molar-refractivity contribution in [1.29, 1.82) is 5.41 Å². The van der Waals surface area contributed by atoms with Crippen molar-refractivity contribution in [2.24, 2.45) is 28.9 Å². The summed E-state index contributed by atoms with van der Waals surface area (Å²) >= 11 is 0. The topological polar surface area (TPSA) is 369 Å². The number of amides is 8. The number of carbonyl (C=O) groups excluding carboxylic acids is 8. The normalized spacial score (nSPS) is 13.3. The quantitative estimate of drug-likeness (QED) is 0.0262. The van der Waals surface area contributed by atoms with E-state index in [-0.39, 0.29) is 56.3 Å². The first-order valence-corrected chi connectivity index (χ1v) is 18.8. The number of phenolic OH excluding ortho intramolecular Hbond substituents is 1. The first-order chi connectivity index (χ1) is 27.8. The summed E-state index contributed by atoms with van der Waals surface area (Å²) in [5, 5.41) is 34.0. The van der Waals surface area contributed by atoms with Gasteiger partial charge < -0.3 is 65.3 Å². The molecular weight excluding hydrogens is 768 g/mol. The molecule has 322 valence electrons. The van der Waals surface area contributed by atoms with Crippen LogP contribution < -0.4 is 60.2 Å². The van der Waals surface area contributed by atoms with Crippen LogP contribution in [0.2, 0.25) is 0 Å². The van der Waals surface area contributed by atoms with Crippen molar-refractivity contribution in [3.8, 4) is 5.75 Å². The summed E-state index contributed by atoms with van der Waals surface area (Å²) in [6, 6.07) is 8.44. The molecule has 21 heteroatoms. The van der Waals surface area contributed by atoms with E-state index in [1.165, 1.54) is 12.1 Å². The molecule has 0 fully saturated rings. The minimum absolute atomic E-state index is 0.0273. The van der Waals surface area contributed by atoms with Gasteiger partial charge >= 0.3 is 0 Å². The number of guanidine groups is 1. The molecule has 0 spiro atoms. The third-order valence-corrected chi connectivity index (χ3v) is 8.56. The number of nitrogens with two attached hydrogens (primary N) is 4.